The maximum Gasteiger partial charge on any atom is 0.333 e. The van der Waals surface area contributed by atoms with Crippen molar-refractivity contribution in [1.82, 2.24) is 9.05 Å². The molecule has 13 aromatic rings. The van der Waals surface area contributed by atoms with Crippen molar-refractivity contribution in [2.24, 2.45) is 0 Å². The third-order valence-electron chi connectivity index (χ3n) is 15.1. The van der Waals surface area contributed by atoms with Gasteiger partial charge in [0.2, 0.25) is 0 Å². The van der Waals surface area contributed by atoms with Gasteiger partial charge in [-0.2, -0.15) is 0 Å². The second-order valence-corrected chi connectivity index (χ2v) is 18.8. The van der Waals surface area contributed by atoms with E-state index in [0.29, 0.717) is 0 Å². The molecule has 11 aromatic carbocycles. The molecule has 3 heteroatoms. The minimum absolute atomic E-state index is 0.131. The van der Waals surface area contributed by atoms with Crippen molar-refractivity contribution in [3.05, 3.63) is 249 Å². The Balaban J connectivity index is 1.14. The predicted octanol–water partition coefficient (Wildman–Crippen LogP) is 15.8. The van der Waals surface area contributed by atoms with E-state index >= 15 is 0 Å². The summed E-state index contributed by atoms with van der Waals surface area (Å²) in [5.74, 6) is 0. The average molecular weight is 873 g/mol. The van der Waals surface area contributed by atoms with Gasteiger partial charge in [0.15, 0.2) is 0 Å². The van der Waals surface area contributed by atoms with Gasteiger partial charge in [0, 0.05) is 43.8 Å². The second kappa shape index (κ2) is 14.8. The van der Waals surface area contributed by atoms with Crippen LogP contribution in [0.3, 0.4) is 0 Å². The smallest absolute Gasteiger partial charge is 0.333 e. The number of aromatic nitrogens is 2. The quantitative estimate of drug-likeness (QED) is 0.147. The monoisotopic (exact) mass is 872 g/mol. The summed E-state index contributed by atoms with van der Waals surface area (Å²) in [5, 5.41) is 5.07. The molecular formula is C66H41BN2. The summed E-state index contributed by atoms with van der Waals surface area (Å²) in [6.07, 6.45) is 0. The van der Waals surface area contributed by atoms with E-state index in [1.165, 1.54) is 138 Å². The highest BCUT2D eigenvalue weighted by Crippen LogP contribution is 2.50. The number of rotatable bonds is 6. The number of benzene rings is 11. The fourth-order valence-electron chi connectivity index (χ4n) is 12.1. The summed E-state index contributed by atoms with van der Waals surface area (Å²) in [5.41, 5.74) is 26.1. The first-order chi connectivity index (χ1) is 34.2. The summed E-state index contributed by atoms with van der Waals surface area (Å²) in [4.78, 5) is 0. The third kappa shape index (κ3) is 5.62. The van der Waals surface area contributed by atoms with Crippen molar-refractivity contribution >= 4 is 61.4 Å². The van der Waals surface area contributed by atoms with Gasteiger partial charge in [0.05, 0.1) is 11.0 Å². The molecule has 4 heterocycles. The topological polar surface area (TPSA) is 9.86 Å². The number of hydrogen-bond acceptors (Lipinski definition) is 0. The Bertz CT molecular complexity index is 4210. The number of hydrogen-bond donors (Lipinski definition) is 0. The summed E-state index contributed by atoms with van der Waals surface area (Å²) < 4.78 is 5.33. The van der Waals surface area contributed by atoms with Crippen LogP contribution in [-0.2, 0) is 0 Å². The average Bonchev–Trinajstić information content (AvgIpc) is 3.94. The summed E-state index contributed by atoms with van der Waals surface area (Å²) >= 11 is 0. The zero-order valence-electron chi connectivity index (χ0n) is 37.6. The van der Waals surface area contributed by atoms with Gasteiger partial charge in [0.25, 0.3) is 0 Å². The maximum atomic E-state index is 2.72. The van der Waals surface area contributed by atoms with Gasteiger partial charge in [-0.3, -0.25) is 0 Å². The zero-order chi connectivity index (χ0) is 45.2. The van der Waals surface area contributed by atoms with Crippen molar-refractivity contribution in [3.8, 4) is 83.6 Å². The van der Waals surface area contributed by atoms with Crippen LogP contribution in [0.15, 0.2) is 249 Å². The van der Waals surface area contributed by atoms with E-state index in [1.54, 1.807) is 0 Å². The Kier molecular flexibility index (Phi) is 8.19. The molecule has 0 saturated carbocycles. The van der Waals surface area contributed by atoms with Gasteiger partial charge in [0.1, 0.15) is 0 Å². The van der Waals surface area contributed by atoms with Gasteiger partial charge in [-0.25, -0.2) is 0 Å². The molecule has 2 aliphatic rings. The molecule has 0 N–H and O–H groups in total. The molecule has 0 fully saturated rings. The molecule has 0 atom stereocenters. The Labute approximate surface area is 400 Å². The molecular weight excluding hydrogens is 832 g/mol. The predicted molar refractivity (Wildman–Crippen MR) is 292 cm³/mol. The summed E-state index contributed by atoms with van der Waals surface area (Å²) in [7, 11) is 0. The lowest BCUT2D eigenvalue weighted by Crippen LogP contribution is -2.55. The normalized spacial score (nSPS) is 12.3. The standard InChI is InChI=1S/C66H41BN2/c1-6-18-42(19-7-1)47-30-33-60-54(36-47)57-39-50(45-24-12-4-13-25-45)41-59-66(57)68(60)62-35-32-53(52-29-17-16-28-51(52)46-26-14-5-15-27-46)63-58-40-49(44-22-10-3-11-23-44)38-56-55-37-48(43-20-8-2-9-21-43)31-34-61(55)69(65(56)58)67(59)64(62)63/h1-41H. The van der Waals surface area contributed by atoms with Gasteiger partial charge < -0.3 is 9.05 Å². The third-order valence-corrected chi connectivity index (χ3v) is 15.1. The summed E-state index contributed by atoms with van der Waals surface area (Å²) in [6, 6.07) is 92.7. The van der Waals surface area contributed by atoms with Crippen LogP contribution in [0.25, 0.3) is 127 Å². The summed E-state index contributed by atoms with van der Waals surface area (Å²) in [6.45, 7) is -0.131. The van der Waals surface area contributed by atoms with E-state index in [1.807, 2.05) is 0 Å². The van der Waals surface area contributed by atoms with Crippen molar-refractivity contribution in [2.45, 2.75) is 0 Å². The molecule has 0 bridgehead atoms. The molecule has 0 aliphatic carbocycles. The van der Waals surface area contributed by atoms with Gasteiger partial charge >= 0.3 is 6.85 Å². The van der Waals surface area contributed by atoms with E-state index in [4.69, 9.17) is 0 Å². The first kappa shape index (κ1) is 38.2. The lowest BCUT2D eigenvalue weighted by molar-refractivity contribution is 1.18. The van der Waals surface area contributed by atoms with Crippen LogP contribution in [0.2, 0.25) is 0 Å². The van der Waals surface area contributed by atoms with E-state index < -0.39 is 0 Å². The fraction of sp³-hybridized carbons (Fsp3) is 0. The Morgan fingerprint density at radius 3 is 1.33 bits per heavy atom. The van der Waals surface area contributed by atoms with Crippen molar-refractivity contribution < 1.29 is 0 Å². The van der Waals surface area contributed by atoms with Crippen LogP contribution in [0.4, 0.5) is 0 Å². The van der Waals surface area contributed by atoms with Gasteiger partial charge in [-0.15, -0.1) is 0 Å². The lowest BCUT2D eigenvalue weighted by Gasteiger charge is -2.36. The Morgan fingerprint density at radius 1 is 0.275 bits per heavy atom. The molecule has 2 nitrogen and oxygen atoms in total. The highest BCUT2D eigenvalue weighted by molar-refractivity contribution is 6.90. The van der Waals surface area contributed by atoms with Crippen LogP contribution in [0.5, 0.6) is 0 Å². The minimum Gasteiger partial charge on any atom is -0.375 e. The molecule has 0 amide bonds. The first-order valence-electron chi connectivity index (χ1n) is 24.0. The molecule has 0 radical (unpaired) electrons. The molecule has 69 heavy (non-hydrogen) atoms. The number of nitrogens with zero attached hydrogens (tertiary/aromatic N) is 2. The van der Waals surface area contributed by atoms with E-state index in [9.17, 15) is 0 Å². The van der Waals surface area contributed by atoms with E-state index in [0.717, 1.165) is 0 Å². The lowest BCUT2D eigenvalue weighted by atomic mass is 9.45. The zero-order valence-corrected chi connectivity index (χ0v) is 37.6. The highest BCUT2D eigenvalue weighted by atomic mass is 15.0. The molecule has 0 saturated heterocycles. The Hall–Kier alpha value is -8.92. The molecule has 15 rings (SSSR count). The molecule has 318 valence electrons. The molecule has 0 unspecified atom stereocenters. The first-order valence-corrected chi connectivity index (χ1v) is 24.0. The van der Waals surface area contributed by atoms with Crippen LogP contribution < -0.4 is 10.9 Å². The second-order valence-electron chi connectivity index (χ2n) is 18.8. The fourth-order valence-corrected chi connectivity index (χ4v) is 12.1. The molecule has 0 spiro atoms. The minimum atomic E-state index is -0.131. The van der Waals surface area contributed by atoms with E-state index in [-0.39, 0.29) is 6.85 Å². The van der Waals surface area contributed by atoms with Crippen LogP contribution in [-0.4, -0.2) is 15.9 Å². The van der Waals surface area contributed by atoms with Crippen molar-refractivity contribution in [1.29, 1.82) is 0 Å². The Morgan fingerprint density at radius 2 is 0.739 bits per heavy atom. The van der Waals surface area contributed by atoms with Crippen LogP contribution in [0.1, 0.15) is 0 Å². The maximum absolute atomic E-state index is 2.72. The highest BCUT2D eigenvalue weighted by Gasteiger charge is 2.43. The van der Waals surface area contributed by atoms with Crippen molar-refractivity contribution in [2.75, 3.05) is 0 Å². The largest absolute Gasteiger partial charge is 0.375 e. The van der Waals surface area contributed by atoms with Crippen LogP contribution >= 0.6 is 0 Å². The van der Waals surface area contributed by atoms with Crippen molar-refractivity contribution in [3.63, 3.8) is 0 Å². The van der Waals surface area contributed by atoms with E-state index in [2.05, 4.69) is 258 Å². The number of fused-ring (bicyclic) bond motifs is 10. The molecule has 2 aliphatic heterocycles. The SMILES string of the molecule is c1ccc(-c2ccc3c(c2)c2cc(-c4ccccc4)cc4c2n3B2c3c(ccc(-c5ccccc5-c5ccccc5)c3-4)-n3c4ccc(-c5ccccc5)cc4c4cc(-c5ccccc5)cc2c43)cc1. The molecule has 2 aromatic heterocycles. The van der Waals surface area contributed by atoms with Gasteiger partial charge in [-0.05, 0) is 132 Å². The van der Waals surface area contributed by atoms with Crippen LogP contribution in [0, 0.1) is 0 Å². The van der Waals surface area contributed by atoms with Gasteiger partial charge in [-0.1, -0.05) is 200 Å².